The van der Waals surface area contributed by atoms with Crippen LogP contribution < -0.4 is 10.2 Å². The Morgan fingerprint density at radius 3 is 2.55 bits per heavy atom. The lowest BCUT2D eigenvalue weighted by molar-refractivity contribution is 0.578. The summed E-state index contributed by atoms with van der Waals surface area (Å²) in [7, 11) is 0. The Kier molecular flexibility index (Phi) is 4.21. The molecule has 3 nitrogen and oxygen atoms in total. The minimum absolute atomic E-state index is 0.799. The molecule has 0 amide bonds. The minimum atomic E-state index is 0.799. The van der Waals surface area contributed by atoms with Crippen molar-refractivity contribution in [3.63, 3.8) is 0 Å². The van der Waals surface area contributed by atoms with E-state index in [1.165, 1.54) is 38.0 Å². The SMILES string of the molecule is Cc1nc(CNc2ccc(N3CCCCC3)cc2)cs1. The fraction of sp³-hybridized carbons (Fsp3) is 0.438. The third kappa shape index (κ3) is 3.31. The molecule has 0 unspecified atom stereocenters. The van der Waals surface area contributed by atoms with Crippen LogP contribution in [-0.2, 0) is 6.54 Å². The van der Waals surface area contributed by atoms with E-state index in [0.29, 0.717) is 0 Å². The smallest absolute Gasteiger partial charge is 0.0898 e. The number of benzene rings is 1. The number of anilines is 2. The number of nitrogens with zero attached hydrogens (tertiary/aromatic N) is 2. The first-order chi connectivity index (χ1) is 9.81. The van der Waals surface area contributed by atoms with Gasteiger partial charge in [-0.1, -0.05) is 0 Å². The maximum atomic E-state index is 4.46. The highest BCUT2D eigenvalue weighted by atomic mass is 32.1. The highest BCUT2D eigenvalue weighted by molar-refractivity contribution is 7.09. The van der Waals surface area contributed by atoms with E-state index < -0.39 is 0 Å². The van der Waals surface area contributed by atoms with Crippen molar-refractivity contribution in [2.75, 3.05) is 23.3 Å². The van der Waals surface area contributed by atoms with Crippen molar-refractivity contribution in [3.8, 4) is 0 Å². The van der Waals surface area contributed by atoms with E-state index in [0.717, 1.165) is 22.9 Å². The molecule has 0 atom stereocenters. The van der Waals surface area contributed by atoms with Gasteiger partial charge in [0.05, 0.1) is 17.2 Å². The van der Waals surface area contributed by atoms with Crippen LogP contribution in [0.4, 0.5) is 11.4 Å². The van der Waals surface area contributed by atoms with Gasteiger partial charge in [0, 0.05) is 29.8 Å². The van der Waals surface area contributed by atoms with Crippen LogP contribution in [0.3, 0.4) is 0 Å². The van der Waals surface area contributed by atoms with E-state index in [-0.39, 0.29) is 0 Å². The summed E-state index contributed by atoms with van der Waals surface area (Å²) in [6.07, 6.45) is 4.02. The standard InChI is InChI=1S/C16H21N3S/c1-13-18-15(12-20-13)11-17-14-5-7-16(8-6-14)19-9-3-2-4-10-19/h5-8,12,17H,2-4,9-11H2,1H3. The van der Waals surface area contributed by atoms with Crippen LogP contribution in [0.15, 0.2) is 29.6 Å². The minimum Gasteiger partial charge on any atom is -0.379 e. The topological polar surface area (TPSA) is 28.2 Å². The summed E-state index contributed by atoms with van der Waals surface area (Å²) in [5, 5.41) is 6.67. The fourth-order valence-electron chi connectivity index (χ4n) is 2.62. The Bertz CT molecular complexity index is 541. The quantitative estimate of drug-likeness (QED) is 0.919. The number of hydrogen-bond acceptors (Lipinski definition) is 4. The molecule has 0 aliphatic carbocycles. The second-order valence-corrected chi connectivity index (χ2v) is 6.37. The number of thiazole rings is 1. The largest absolute Gasteiger partial charge is 0.379 e. The molecule has 1 N–H and O–H groups in total. The lowest BCUT2D eigenvalue weighted by Crippen LogP contribution is -2.29. The maximum Gasteiger partial charge on any atom is 0.0898 e. The predicted octanol–water partition coefficient (Wildman–Crippen LogP) is 4.05. The van der Waals surface area contributed by atoms with Gasteiger partial charge >= 0.3 is 0 Å². The molecule has 2 aromatic rings. The number of hydrogen-bond donors (Lipinski definition) is 1. The first-order valence-corrected chi connectivity index (χ1v) is 8.19. The van der Waals surface area contributed by atoms with Crippen LogP contribution in [0.5, 0.6) is 0 Å². The first-order valence-electron chi connectivity index (χ1n) is 7.31. The van der Waals surface area contributed by atoms with E-state index >= 15 is 0 Å². The van der Waals surface area contributed by atoms with Crippen LogP contribution in [0.1, 0.15) is 30.0 Å². The number of nitrogens with one attached hydrogen (secondary N) is 1. The molecule has 0 radical (unpaired) electrons. The summed E-state index contributed by atoms with van der Waals surface area (Å²) in [6, 6.07) is 8.78. The Morgan fingerprint density at radius 1 is 1.15 bits per heavy atom. The molecule has 1 fully saturated rings. The lowest BCUT2D eigenvalue weighted by Gasteiger charge is -2.28. The number of rotatable bonds is 4. The zero-order chi connectivity index (χ0) is 13.8. The molecule has 0 bridgehead atoms. The predicted molar refractivity (Wildman–Crippen MR) is 86.7 cm³/mol. The zero-order valence-electron chi connectivity index (χ0n) is 11.9. The van der Waals surface area contributed by atoms with Gasteiger partial charge in [0.25, 0.3) is 0 Å². The van der Waals surface area contributed by atoms with Crippen molar-refractivity contribution in [3.05, 3.63) is 40.3 Å². The van der Waals surface area contributed by atoms with Gasteiger partial charge in [-0.15, -0.1) is 11.3 Å². The third-order valence-electron chi connectivity index (χ3n) is 3.73. The molecule has 1 aliphatic rings. The number of aromatic nitrogens is 1. The van der Waals surface area contributed by atoms with Crippen LogP contribution in [0.2, 0.25) is 0 Å². The van der Waals surface area contributed by atoms with Crippen molar-refractivity contribution in [2.45, 2.75) is 32.7 Å². The average molecular weight is 287 g/mol. The molecule has 106 valence electrons. The summed E-state index contributed by atoms with van der Waals surface area (Å²) in [5.41, 5.74) is 3.63. The van der Waals surface area contributed by atoms with E-state index in [4.69, 9.17) is 0 Å². The third-order valence-corrected chi connectivity index (χ3v) is 4.55. The second kappa shape index (κ2) is 6.27. The lowest BCUT2D eigenvalue weighted by atomic mass is 10.1. The molecule has 1 saturated heterocycles. The van der Waals surface area contributed by atoms with E-state index in [1.807, 2.05) is 6.92 Å². The molecule has 1 aromatic carbocycles. The van der Waals surface area contributed by atoms with Crippen LogP contribution in [0, 0.1) is 6.92 Å². The van der Waals surface area contributed by atoms with Crippen molar-refractivity contribution in [2.24, 2.45) is 0 Å². The number of aryl methyl sites for hydroxylation is 1. The summed E-state index contributed by atoms with van der Waals surface area (Å²) < 4.78 is 0. The molecule has 2 heterocycles. The fourth-order valence-corrected chi connectivity index (χ4v) is 3.24. The second-order valence-electron chi connectivity index (χ2n) is 5.31. The summed E-state index contributed by atoms with van der Waals surface area (Å²) in [4.78, 5) is 6.95. The molecular weight excluding hydrogens is 266 g/mol. The maximum absolute atomic E-state index is 4.46. The van der Waals surface area contributed by atoms with Gasteiger partial charge in [0.1, 0.15) is 0 Å². The van der Waals surface area contributed by atoms with Crippen molar-refractivity contribution in [1.82, 2.24) is 4.98 Å². The molecular formula is C16H21N3S. The summed E-state index contributed by atoms with van der Waals surface area (Å²) in [6.45, 7) is 5.24. The van der Waals surface area contributed by atoms with E-state index in [9.17, 15) is 0 Å². The molecule has 0 spiro atoms. The Morgan fingerprint density at radius 2 is 1.90 bits per heavy atom. The molecule has 4 heteroatoms. The van der Waals surface area contributed by atoms with Crippen molar-refractivity contribution >= 4 is 22.7 Å². The highest BCUT2D eigenvalue weighted by Crippen LogP contribution is 2.22. The Balaban J connectivity index is 1.58. The average Bonchev–Trinajstić information content (AvgIpc) is 2.92. The van der Waals surface area contributed by atoms with Crippen LogP contribution in [-0.4, -0.2) is 18.1 Å². The van der Waals surface area contributed by atoms with Gasteiger partial charge in [0.15, 0.2) is 0 Å². The van der Waals surface area contributed by atoms with Gasteiger partial charge in [-0.3, -0.25) is 0 Å². The van der Waals surface area contributed by atoms with Crippen LogP contribution in [0.25, 0.3) is 0 Å². The monoisotopic (exact) mass is 287 g/mol. The molecule has 20 heavy (non-hydrogen) atoms. The van der Waals surface area contributed by atoms with Crippen molar-refractivity contribution in [1.29, 1.82) is 0 Å². The molecule has 0 saturated carbocycles. The van der Waals surface area contributed by atoms with Crippen molar-refractivity contribution < 1.29 is 0 Å². The molecule has 1 aromatic heterocycles. The zero-order valence-corrected chi connectivity index (χ0v) is 12.7. The van der Waals surface area contributed by atoms with Gasteiger partial charge in [-0.2, -0.15) is 0 Å². The van der Waals surface area contributed by atoms with Crippen LogP contribution >= 0.6 is 11.3 Å². The van der Waals surface area contributed by atoms with Gasteiger partial charge in [-0.05, 0) is 50.5 Å². The summed E-state index contributed by atoms with van der Waals surface area (Å²) >= 11 is 1.70. The van der Waals surface area contributed by atoms with E-state index in [1.54, 1.807) is 11.3 Å². The first kappa shape index (κ1) is 13.4. The molecule has 1 aliphatic heterocycles. The normalized spacial score (nSPS) is 15.3. The highest BCUT2D eigenvalue weighted by Gasteiger charge is 2.10. The summed E-state index contributed by atoms with van der Waals surface area (Å²) in [5.74, 6) is 0. The Hall–Kier alpha value is -1.55. The molecule has 3 rings (SSSR count). The van der Waals surface area contributed by atoms with Gasteiger partial charge in [0.2, 0.25) is 0 Å². The van der Waals surface area contributed by atoms with Gasteiger partial charge < -0.3 is 10.2 Å². The number of piperidine rings is 1. The van der Waals surface area contributed by atoms with E-state index in [2.05, 4.69) is 44.8 Å². The Labute approximate surface area is 124 Å². The van der Waals surface area contributed by atoms with Gasteiger partial charge in [-0.25, -0.2) is 4.98 Å².